The first-order valence-electron chi connectivity index (χ1n) is 7.46. The Labute approximate surface area is 125 Å². The Morgan fingerprint density at radius 2 is 2.00 bits per heavy atom. The van der Waals surface area contributed by atoms with Crippen LogP contribution in [0.15, 0.2) is 0 Å². The van der Waals surface area contributed by atoms with Gasteiger partial charge in [0.2, 0.25) is 17.7 Å². The highest BCUT2D eigenvalue weighted by Gasteiger charge is 2.27. The highest BCUT2D eigenvalue weighted by Crippen LogP contribution is 2.08. The van der Waals surface area contributed by atoms with Crippen molar-refractivity contribution in [1.82, 2.24) is 21.3 Å². The minimum Gasteiger partial charge on any atom is -0.358 e. The fourth-order valence-corrected chi connectivity index (χ4v) is 2.26. The third-order valence-electron chi connectivity index (χ3n) is 3.42. The van der Waals surface area contributed by atoms with Crippen molar-refractivity contribution in [2.24, 2.45) is 5.92 Å². The number of amides is 3. The van der Waals surface area contributed by atoms with Gasteiger partial charge in [0.05, 0.1) is 12.6 Å². The maximum absolute atomic E-state index is 12.1. The molecule has 2 atom stereocenters. The topological polar surface area (TPSA) is 99.3 Å². The third kappa shape index (κ3) is 6.12. The van der Waals surface area contributed by atoms with E-state index in [4.69, 9.17) is 0 Å². The summed E-state index contributed by atoms with van der Waals surface area (Å²) in [7, 11) is 1.51. The average Bonchev–Trinajstić information content (AvgIpc) is 2.97. The highest BCUT2D eigenvalue weighted by atomic mass is 16.2. The lowest BCUT2D eigenvalue weighted by Gasteiger charge is -2.22. The molecule has 1 fully saturated rings. The minimum atomic E-state index is -0.607. The van der Waals surface area contributed by atoms with Gasteiger partial charge in [-0.15, -0.1) is 0 Å². The van der Waals surface area contributed by atoms with E-state index in [0.717, 1.165) is 19.4 Å². The zero-order valence-corrected chi connectivity index (χ0v) is 13.0. The van der Waals surface area contributed by atoms with Crippen molar-refractivity contribution in [1.29, 1.82) is 0 Å². The van der Waals surface area contributed by atoms with Gasteiger partial charge in [0.25, 0.3) is 0 Å². The number of carbonyl (C=O) groups excluding carboxylic acids is 3. The van der Waals surface area contributed by atoms with E-state index in [0.29, 0.717) is 6.42 Å². The van der Waals surface area contributed by atoms with Crippen LogP contribution in [0.25, 0.3) is 0 Å². The monoisotopic (exact) mass is 298 g/mol. The van der Waals surface area contributed by atoms with E-state index in [1.165, 1.54) is 7.05 Å². The van der Waals surface area contributed by atoms with E-state index >= 15 is 0 Å². The molecule has 1 rings (SSSR count). The molecule has 0 aromatic heterocycles. The van der Waals surface area contributed by atoms with Crippen LogP contribution in [0.5, 0.6) is 0 Å². The van der Waals surface area contributed by atoms with E-state index in [1.54, 1.807) is 0 Å². The summed E-state index contributed by atoms with van der Waals surface area (Å²) in [5.74, 6) is -0.472. The zero-order valence-electron chi connectivity index (χ0n) is 13.0. The molecule has 1 saturated heterocycles. The van der Waals surface area contributed by atoms with Crippen LogP contribution in [-0.2, 0) is 14.4 Å². The summed E-state index contributed by atoms with van der Waals surface area (Å²) in [5, 5.41) is 10.9. The molecule has 0 radical (unpaired) electrons. The summed E-state index contributed by atoms with van der Waals surface area (Å²) in [6.07, 6.45) is 2.30. The second-order valence-electron chi connectivity index (χ2n) is 5.73. The van der Waals surface area contributed by atoms with E-state index in [9.17, 15) is 14.4 Å². The first-order valence-corrected chi connectivity index (χ1v) is 7.46. The standard InChI is InChI=1S/C14H26N4O3/c1-9(2)7-11(13(20)17-8-12(19)15-3)18-14(21)10-5-4-6-16-10/h9-11,16H,4-8H2,1-3H3,(H,15,19)(H,17,20)(H,18,21)/t10-,11-/m0/s1. The van der Waals surface area contributed by atoms with Crippen LogP contribution >= 0.6 is 0 Å². The number of carbonyl (C=O) groups is 3. The molecule has 0 spiro atoms. The lowest BCUT2D eigenvalue weighted by Crippen LogP contribution is -2.52. The van der Waals surface area contributed by atoms with Crippen LogP contribution in [0.3, 0.4) is 0 Å². The number of hydrogen-bond donors (Lipinski definition) is 4. The van der Waals surface area contributed by atoms with Crippen molar-refractivity contribution in [3.8, 4) is 0 Å². The SMILES string of the molecule is CNC(=O)CNC(=O)[C@H](CC(C)C)NC(=O)[C@@H]1CCCN1. The molecule has 7 nitrogen and oxygen atoms in total. The Hall–Kier alpha value is -1.63. The summed E-state index contributed by atoms with van der Waals surface area (Å²) in [5.41, 5.74) is 0. The van der Waals surface area contributed by atoms with Crippen LogP contribution in [-0.4, -0.2) is 49.9 Å². The van der Waals surface area contributed by atoms with E-state index in [2.05, 4.69) is 21.3 Å². The smallest absolute Gasteiger partial charge is 0.243 e. The molecule has 120 valence electrons. The number of hydrogen-bond acceptors (Lipinski definition) is 4. The van der Waals surface area contributed by atoms with Crippen LogP contribution in [0.1, 0.15) is 33.1 Å². The van der Waals surface area contributed by atoms with Gasteiger partial charge in [0.1, 0.15) is 6.04 Å². The van der Waals surface area contributed by atoms with Crippen LogP contribution in [0.2, 0.25) is 0 Å². The van der Waals surface area contributed by atoms with Crippen molar-refractivity contribution in [3.63, 3.8) is 0 Å². The van der Waals surface area contributed by atoms with Crippen molar-refractivity contribution in [2.45, 2.75) is 45.2 Å². The first kappa shape index (κ1) is 17.4. The van der Waals surface area contributed by atoms with Crippen LogP contribution in [0, 0.1) is 5.92 Å². The molecule has 0 unspecified atom stereocenters. The molecule has 0 aromatic carbocycles. The lowest BCUT2D eigenvalue weighted by atomic mass is 10.0. The Bertz CT molecular complexity index is 378. The van der Waals surface area contributed by atoms with Gasteiger partial charge >= 0.3 is 0 Å². The summed E-state index contributed by atoms with van der Waals surface area (Å²) in [6.45, 7) is 4.72. The van der Waals surface area contributed by atoms with Crippen molar-refractivity contribution < 1.29 is 14.4 Å². The molecule has 7 heteroatoms. The van der Waals surface area contributed by atoms with Gasteiger partial charge in [-0.1, -0.05) is 13.8 Å². The molecule has 1 aliphatic heterocycles. The Morgan fingerprint density at radius 3 is 2.52 bits per heavy atom. The van der Waals surface area contributed by atoms with E-state index in [-0.39, 0.29) is 36.2 Å². The Morgan fingerprint density at radius 1 is 1.29 bits per heavy atom. The predicted molar refractivity (Wildman–Crippen MR) is 79.5 cm³/mol. The largest absolute Gasteiger partial charge is 0.358 e. The van der Waals surface area contributed by atoms with Crippen LogP contribution < -0.4 is 21.3 Å². The highest BCUT2D eigenvalue weighted by molar-refractivity contribution is 5.91. The molecule has 0 aromatic rings. The Balaban J connectivity index is 2.55. The predicted octanol–water partition coefficient (Wildman–Crippen LogP) is -0.868. The number of likely N-dealkylation sites (N-methyl/N-ethyl adjacent to an activating group) is 1. The summed E-state index contributed by atoms with van der Waals surface area (Å²) < 4.78 is 0. The molecule has 0 saturated carbocycles. The maximum Gasteiger partial charge on any atom is 0.243 e. The van der Waals surface area contributed by atoms with Crippen molar-refractivity contribution >= 4 is 17.7 Å². The molecular weight excluding hydrogens is 272 g/mol. The summed E-state index contributed by atoms with van der Waals surface area (Å²) in [6, 6.07) is -0.823. The second-order valence-corrected chi connectivity index (χ2v) is 5.73. The van der Waals surface area contributed by atoms with Gasteiger partial charge in [-0.05, 0) is 31.7 Å². The van der Waals surface area contributed by atoms with Crippen molar-refractivity contribution in [3.05, 3.63) is 0 Å². The normalized spacial score (nSPS) is 19.1. The fraction of sp³-hybridized carbons (Fsp3) is 0.786. The van der Waals surface area contributed by atoms with Crippen LogP contribution in [0.4, 0.5) is 0 Å². The number of nitrogens with one attached hydrogen (secondary N) is 4. The molecule has 4 N–H and O–H groups in total. The molecule has 21 heavy (non-hydrogen) atoms. The molecule has 3 amide bonds. The summed E-state index contributed by atoms with van der Waals surface area (Å²) in [4.78, 5) is 35.4. The molecule has 1 aliphatic rings. The zero-order chi connectivity index (χ0) is 15.8. The van der Waals surface area contributed by atoms with Gasteiger partial charge in [0.15, 0.2) is 0 Å². The molecular formula is C14H26N4O3. The van der Waals surface area contributed by atoms with Gasteiger partial charge in [-0.25, -0.2) is 0 Å². The lowest BCUT2D eigenvalue weighted by molar-refractivity contribution is -0.131. The molecule has 0 aliphatic carbocycles. The first-order chi connectivity index (χ1) is 9.93. The summed E-state index contributed by atoms with van der Waals surface area (Å²) >= 11 is 0. The quantitative estimate of drug-likeness (QED) is 0.491. The maximum atomic E-state index is 12.1. The van der Waals surface area contributed by atoms with Gasteiger partial charge in [0, 0.05) is 7.05 Å². The van der Waals surface area contributed by atoms with Gasteiger partial charge in [-0.2, -0.15) is 0 Å². The fourth-order valence-electron chi connectivity index (χ4n) is 2.26. The van der Waals surface area contributed by atoms with E-state index in [1.807, 2.05) is 13.8 Å². The van der Waals surface area contributed by atoms with Gasteiger partial charge < -0.3 is 21.3 Å². The van der Waals surface area contributed by atoms with Gasteiger partial charge in [-0.3, -0.25) is 14.4 Å². The molecule has 1 heterocycles. The number of rotatable bonds is 7. The third-order valence-corrected chi connectivity index (χ3v) is 3.42. The van der Waals surface area contributed by atoms with Crippen molar-refractivity contribution in [2.75, 3.05) is 20.1 Å². The second kappa shape index (κ2) is 8.61. The molecule has 0 bridgehead atoms. The average molecular weight is 298 g/mol. The van der Waals surface area contributed by atoms with E-state index < -0.39 is 6.04 Å². The minimum absolute atomic E-state index is 0.0819. The Kier molecular flexibility index (Phi) is 7.14.